The molecular formula is C13H30N4. The van der Waals surface area contributed by atoms with Crippen LogP contribution in [0.25, 0.3) is 0 Å². The van der Waals surface area contributed by atoms with Crippen molar-refractivity contribution in [2.24, 2.45) is 0 Å². The number of hydrogen-bond acceptors (Lipinski definition) is 2. The van der Waals surface area contributed by atoms with Gasteiger partial charge in [-0.1, -0.05) is 0 Å². The van der Waals surface area contributed by atoms with E-state index in [-0.39, 0.29) is 0 Å². The van der Waals surface area contributed by atoms with E-state index in [0.717, 1.165) is 6.04 Å². The van der Waals surface area contributed by atoms with Crippen LogP contribution in [0.1, 0.15) is 6.92 Å². The number of likely N-dealkylation sites (tertiary alicyclic amines) is 2. The van der Waals surface area contributed by atoms with Gasteiger partial charge in [0.25, 0.3) is 0 Å². The monoisotopic (exact) mass is 242 g/mol. The molecular weight excluding hydrogens is 212 g/mol. The lowest BCUT2D eigenvalue weighted by atomic mass is 9.92. The molecule has 102 valence electrons. The Morgan fingerprint density at radius 3 is 1.59 bits per heavy atom. The zero-order valence-electron chi connectivity index (χ0n) is 12.2. The Morgan fingerprint density at radius 2 is 1.47 bits per heavy atom. The summed E-state index contributed by atoms with van der Waals surface area (Å²) in [6.45, 7) is 7.07. The predicted octanol–water partition coefficient (Wildman–Crippen LogP) is -2.40. The summed E-state index contributed by atoms with van der Waals surface area (Å²) >= 11 is 0. The number of quaternary nitrogens is 2. The van der Waals surface area contributed by atoms with Crippen LogP contribution in [0, 0.1) is 14.1 Å². The lowest BCUT2D eigenvalue weighted by Gasteiger charge is -2.50. The first kappa shape index (κ1) is 14.9. The predicted molar refractivity (Wildman–Crippen MR) is 71.7 cm³/mol. The SMILES string of the molecule is [CH2-][NH+]1CC(C)(N(C)C)C1.[CH2-][NH+]1CC(N(C)C)C1. The summed E-state index contributed by atoms with van der Waals surface area (Å²) < 4.78 is 0. The molecule has 0 bridgehead atoms. The lowest BCUT2D eigenvalue weighted by molar-refractivity contribution is -0.912. The molecule has 2 fully saturated rings. The molecule has 2 aliphatic heterocycles. The number of likely N-dealkylation sites (N-methyl/N-ethyl adjacent to an activating group) is 2. The normalized spacial score (nSPS) is 40.4. The minimum atomic E-state index is 0.428. The molecule has 0 saturated carbocycles. The summed E-state index contributed by atoms with van der Waals surface area (Å²) in [5.41, 5.74) is 0.428. The highest BCUT2D eigenvalue weighted by atomic mass is 15.3. The van der Waals surface area contributed by atoms with Crippen molar-refractivity contribution in [2.45, 2.75) is 18.5 Å². The van der Waals surface area contributed by atoms with Crippen molar-refractivity contribution in [3.05, 3.63) is 14.1 Å². The van der Waals surface area contributed by atoms with Crippen LogP contribution in [0.3, 0.4) is 0 Å². The fourth-order valence-corrected chi connectivity index (χ4v) is 2.31. The second-order valence-corrected chi connectivity index (χ2v) is 6.27. The van der Waals surface area contributed by atoms with Gasteiger partial charge in [0.2, 0.25) is 0 Å². The van der Waals surface area contributed by atoms with E-state index >= 15 is 0 Å². The Morgan fingerprint density at radius 1 is 1.00 bits per heavy atom. The van der Waals surface area contributed by atoms with Crippen molar-refractivity contribution in [2.75, 3.05) is 54.4 Å². The first-order chi connectivity index (χ1) is 7.74. The van der Waals surface area contributed by atoms with Gasteiger partial charge in [0.1, 0.15) is 11.6 Å². The smallest absolute Gasteiger partial charge is 0.112 e. The van der Waals surface area contributed by atoms with Crippen LogP contribution in [0.5, 0.6) is 0 Å². The average Bonchev–Trinajstić information content (AvgIpc) is 2.11. The summed E-state index contributed by atoms with van der Waals surface area (Å²) in [4.78, 5) is 7.34. The summed E-state index contributed by atoms with van der Waals surface area (Å²) in [7, 11) is 16.3. The summed E-state index contributed by atoms with van der Waals surface area (Å²) in [5.74, 6) is 0. The van der Waals surface area contributed by atoms with Crippen LogP contribution >= 0.6 is 0 Å². The number of hydrogen-bond donors (Lipinski definition) is 2. The van der Waals surface area contributed by atoms with Crippen molar-refractivity contribution >= 4 is 0 Å². The molecule has 4 nitrogen and oxygen atoms in total. The van der Waals surface area contributed by atoms with E-state index in [9.17, 15) is 0 Å². The molecule has 0 radical (unpaired) electrons. The Bertz CT molecular complexity index is 228. The quantitative estimate of drug-likeness (QED) is 0.525. The fraction of sp³-hybridized carbons (Fsp3) is 0.846. The highest BCUT2D eigenvalue weighted by Gasteiger charge is 2.40. The summed E-state index contributed by atoms with van der Waals surface area (Å²) in [6.07, 6.45) is 0. The zero-order chi connectivity index (χ0) is 13.2. The molecule has 2 aliphatic rings. The molecule has 0 spiro atoms. The van der Waals surface area contributed by atoms with Crippen LogP contribution < -0.4 is 9.80 Å². The minimum absolute atomic E-state index is 0.428. The third-order valence-electron chi connectivity index (χ3n) is 4.12. The van der Waals surface area contributed by atoms with Crippen LogP contribution in [-0.2, 0) is 0 Å². The molecule has 2 N–H and O–H groups in total. The molecule has 0 aromatic heterocycles. The topological polar surface area (TPSA) is 15.4 Å². The number of nitrogens with zero attached hydrogens (tertiary/aromatic N) is 2. The largest absolute Gasteiger partial charge is 0.465 e. The Hall–Kier alpha value is -0.160. The van der Waals surface area contributed by atoms with E-state index < -0.39 is 0 Å². The van der Waals surface area contributed by atoms with E-state index in [1.165, 1.54) is 36.0 Å². The minimum Gasteiger partial charge on any atom is -0.465 e. The maximum atomic E-state index is 3.91. The van der Waals surface area contributed by atoms with Crippen LogP contribution in [0.2, 0.25) is 0 Å². The Balaban J connectivity index is 0.000000171. The molecule has 17 heavy (non-hydrogen) atoms. The Kier molecular flexibility index (Phi) is 4.95. The molecule has 0 amide bonds. The van der Waals surface area contributed by atoms with Gasteiger partial charge in [0.15, 0.2) is 0 Å². The highest BCUT2D eigenvalue weighted by molar-refractivity contribution is 4.86. The van der Waals surface area contributed by atoms with Gasteiger partial charge in [-0.25, -0.2) is 0 Å². The van der Waals surface area contributed by atoms with Crippen molar-refractivity contribution < 1.29 is 9.80 Å². The number of rotatable bonds is 2. The molecule has 0 aliphatic carbocycles. The van der Waals surface area contributed by atoms with Crippen molar-refractivity contribution in [1.29, 1.82) is 0 Å². The van der Waals surface area contributed by atoms with Crippen molar-refractivity contribution in [1.82, 2.24) is 9.80 Å². The van der Waals surface area contributed by atoms with E-state index in [4.69, 9.17) is 0 Å². The van der Waals surface area contributed by atoms with Crippen LogP contribution in [0.15, 0.2) is 0 Å². The van der Waals surface area contributed by atoms with Gasteiger partial charge in [-0.05, 0) is 35.1 Å². The standard InChI is InChI=1S/C7H16N2.C6H14N2/c1-7(8(2)3)5-9(4)6-7;1-7(2)6-4-8(3)5-6/h9H,4-6H2,1-3H3;6,8H,3-5H2,1-2H3. The van der Waals surface area contributed by atoms with E-state index in [1.54, 1.807) is 0 Å². The van der Waals surface area contributed by atoms with Crippen LogP contribution in [0.4, 0.5) is 0 Å². The highest BCUT2D eigenvalue weighted by Crippen LogP contribution is 2.10. The molecule has 0 aromatic carbocycles. The van der Waals surface area contributed by atoms with Gasteiger partial charge in [-0.15, -0.1) is 0 Å². The molecule has 0 atom stereocenters. The molecule has 2 heterocycles. The van der Waals surface area contributed by atoms with Gasteiger partial charge < -0.3 is 9.80 Å². The molecule has 0 aromatic rings. The van der Waals surface area contributed by atoms with Crippen LogP contribution in [-0.4, -0.2) is 75.8 Å². The molecule has 2 saturated heterocycles. The zero-order valence-corrected chi connectivity index (χ0v) is 12.2. The second-order valence-electron chi connectivity index (χ2n) is 6.27. The first-order valence-electron chi connectivity index (χ1n) is 6.42. The van der Waals surface area contributed by atoms with Crippen molar-refractivity contribution in [3.63, 3.8) is 0 Å². The van der Waals surface area contributed by atoms with E-state index in [2.05, 4.69) is 59.0 Å². The van der Waals surface area contributed by atoms with Gasteiger partial charge >= 0.3 is 0 Å². The molecule has 2 rings (SSSR count). The summed E-state index contributed by atoms with van der Waals surface area (Å²) in [6, 6.07) is 0.794. The van der Waals surface area contributed by atoms with Gasteiger partial charge in [-0.2, -0.15) is 14.1 Å². The third kappa shape index (κ3) is 3.91. The number of nitrogens with one attached hydrogen (secondary N) is 2. The van der Waals surface area contributed by atoms with E-state index in [0.29, 0.717) is 5.54 Å². The maximum Gasteiger partial charge on any atom is 0.112 e. The van der Waals surface area contributed by atoms with Gasteiger partial charge in [0, 0.05) is 0 Å². The maximum absolute atomic E-state index is 3.91. The lowest BCUT2D eigenvalue weighted by Crippen LogP contribution is -3.20. The average molecular weight is 242 g/mol. The van der Waals surface area contributed by atoms with E-state index in [1.807, 2.05) is 0 Å². The fourth-order valence-electron chi connectivity index (χ4n) is 2.31. The molecule has 0 unspecified atom stereocenters. The third-order valence-corrected chi connectivity index (χ3v) is 4.12. The van der Waals surface area contributed by atoms with Crippen molar-refractivity contribution in [3.8, 4) is 0 Å². The van der Waals surface area contributed by atoms with Gasteiger partial charge in [-0.3, -0.25) is 9.80 Å². The van der Waals surface area contributed by atoms with Gasteiger partial charge in [0.05, 0.1) is 26.2 Å². The second kappa shape index (κ2) is 5.65. The summed E-state index contributed by atoms with van der Waals surface area (Å²) in [5, 5.41) is 0. The molecule has 4 heteroatoms. The Labute approximate surface area is 107 Å². The first-order valence-corrected chi connectivity index (χ1v) is 6.42.